The van der Waals surface area contributed by atoms with Crippen LogP contribution in [-0.2, 0) is 0 Å². The highest BCUT2D eigenvalue weighted by Gasteiger charge is 2.02. The first-order chi connectivity index (χ1) is 6.24. The lowest BCUT2D eigenvalue weighted by atomic mass is 10.2. The van der Waals surface area contributed by atoms with Crippen LogP contribution in [0.2, 0.25) is 0 Å². The van der Waals surface area contributed by atoms with Crippen molar-refractivity contribution in [3.05, 3.63) is 29.8 Å². The standard InChI is InChI=1S/C10H10N2O/c1-2-6-12-10(13)8-4-3-5-9(11)7-8/h1,3-5,7H,6,11H2,(H,12,13). The fourth-order valence-corrected chi connectivity index (χ4v) is 0.913. The molecular weight excluding hydrogens is 164 g/mol. The fourth-order valence-electron chi connectivity index (χ4n) is 0.913. The average molecular weight is 174 g/mol. The molecule has 13 heavy (non-hydrogen) atoms. The van der Waals surface area contributed by atoms with Crippen LogP contribution in [0, 0.1) is 12.3 Å². The highest BCUT2D eigenvalue weighted by Crippen LogP contribution is 2.05. The van der Waals surface area contributed by atoms with Gasteiger partial charge in [0.15, 0.2) is 0 Å². The summed E-state index contributed by atoms with van der Waals surface area (Å²) in [5, 5.41) is 2.55. The van der Waals surface area contributed by atoms with Gasteiger partial charge in [-0.2, -0.15) is 0 Å². The van der Waals surface area contributed by atoms with Gasteiger partial charge in [-0.25, -0.2) is 0 Å². The molecule has 1 aromatic carbocycles. The quantitative estimate of drug-likeness (QED) is 0.510. The third kappa shape index (κ3) is 2.53. The second-order valence-corrected chi connectivity index (χ2v) is 2.51. The lowest BCUT2D eigenvalue weighted by molar-refractivity contribution is 0.0959. The van der Waals surface area contributed by atoms with Crippen LogP contribution < -0.4 is 11.1 Å². The van der Waals surface area contributed by atoms with Crippen molar-refractivity contribution < 1.29 is 4.79 Å². The summed E-state index contributed by atoms with van der Waals surface area (Å²) >= 11 is 0. The summed E-state index contributed by atoms with van der Waals surface area (Å²) in [4.78, 5) is 11.3. The number of carbonyl (C=O) groups excluding carboxylic acids is 1. The summed E-state index contributed by atoms with van der Waals surface area (Å²) in [6, 6.07) is 6.73. The van der Waals surface area contributed by atoms with Crippen LogP contribution in [-0.4, -0.2) is 12.5 Å². The van der Waals surface area contributed by atoms with E-state index in [2.05, 4.69) is 11.2 Å². The summed E-state index contributed by atoms with van der Waals surface area (Å²) in [6.07, 6.45) is 5.00. The number of carbonyl (C=O) groups is 1. The monoisotopic (exact) mass is 174 g/mol. The smallest absolute Gasteiger partial charge is 0.252 e. The van der Waals surface area contributed by atoms with Crippen LogP contribution in [0.4, 0.5) is 5.69 Å². The molecule has 1 aromatic rings. The van der Waals surface area contributed by atoms with Crippen LogP contribution in [0.5, 0.6) is 0 Å². The molecule has 0 aliphatic rings. The molecule has 1 amide bonds. The summed E-state index contributed by atoms with van der Waals surface area (Å²) in [7, 11) is 0. The number of terminal acetylenes is 1. The molecule has 0 aromatic heterocycles. The Hall–Kier alpha value is -1.95. The van der Waals surface area contributed by atoms with E-state index in [-0.39, 0.29) is 12.5 Å². The molecule has 0 radical (unpaired) electrons. The molecule has 3 heteroatoms. The number of anilines is 1. The van der Waals surface area contributed by atoms with Gasteiger partial charge in [-0.15, -0.1) is 6.42 Å². The second-order valence-electron chi connectivity index (χ2n) is 2.51. The minimum absolute atomic E-state index is 0.203. The molecule has 3 N–H and O–H groups in total. The zero-order valence-corrected chi connectivity index (χ0v) is 7.08. The predicted molar refractivity (Wildman–Crippen MR) is 52.0 cm³/mol. The van der Waals surface area contributed by atoms with Gasteiger partial charge in [-0.05, 0) is 18.2 Å². The third-order valence-corrected chi connectivity index (χ3v) is 1.50. The Morgan fingerprint density at radius 3 is 3.00 bits per heavy atom. The number of nitrogens with one attached hydrogen (secondary N) is 1. The topological polar surface area (TPSA) is 55.1 Å². The summed E-state index contributed by atoms with van der Waals surface area (Å²) < 4.78 is 0. The zero-order valence-electron chi connectivity index (χ0n) is 7.08. The Bertz CT molecular complexity index is 352. The van der Waals surface area contributed by atoms with Crippen molar-refractivity contribution in [2.24, 2.45) is 0 Å². The van der Waals surface area contributed by atoms with Gasteiger partial charge in [0, 0.05) is 11.3 Å². The van der Waals surface area contributed by atoms with Crippen molar-refractivity contribution in [3.63, 3.8) is 0 Å². The van der Waals surface area contributed by atoms with E-state index in [4.69, 9.17) is 12.2 Å². The molecule has 66 valence electrons. The first-order valence-corrected chi connectivity index (χ1v) is 3.81. The largest absolute Gasteiger partial charge is 0.399 e. The maximum Gasteiger partial charge on any atom is 0.252 e. The van der Waals surface area contributed by atoms with E-state index in [0.717, 1.165) is 0 Å². The van der Waals surface area contributed by atoms with Crippen LogP contribution in [0.3, 0.4) is 0 Å². The van der Waals surface area contributed by atoms with Crippen molar-refractivity contribution in [3.8, 4) is 12.3 Å². The average Bonchev–Trinajstić information content (AvgIpc) is 2.14. The number of hydrogen-bond donors (Lipinski definition) is 2. The van der Waals surface area contributed by atoms with E-state index in [1.807, 2.05) is 0 Å². The molecule has 0 aliphatic heterocycles. The maximum atomic E-state index is 11.3. The van der Waals surface area contributed by atoms with E-state index in [9.17, 15) is 4.79 Å². The summed E-state index contributed by atoms with van der Waals surface area (Å²) in [5.74, 6) is 2.12. The molecule has 0 heterocycles. The second kappa shape index (κ2) is 4.17. The fraction of sp³-hybridized carbons (Fsp3) is 0.100. The summed E-state index contributed by atoms with van der Waals surface area (Å²) in [5.41, 5.74) is 6.59. The molecule has 1 rings (SSSR count). The van der Waals surface area contributed by atoms with Crippen molar-refractivity contribution in [1.29, 1.82) is 0 Å². The Labute approximate surface area is 76.9 Å². The van der Waals surface area contributed by atoms with Crippen LogP contribution in [0.15, 0.2) is 24.3 Å². The highest BCUT2D eigenvalue weighted by atomic mass is 16.1. The number of nitrogen functional groups attached to an aromatic ring is 1. The minimum Gasteiger partial charge on any atom is -0.399 e. The van der Waals surface area contributed by atoms with Gasteiger partial charge < -0.3 is 11.1 Å². The van der Waals surface area contributed by atoms with Gasteiger partial charge in [-0.1, -0.05) is 12.0 Å². The number of benzene rings is 1. The molecule has 3 nitrogen and oxygen atoms in total. The molecule has 0 aliphatic carbocycles. The van der Waals surface area contributed by atoms with E-state index in [1.54, 1.807) is 24.3 Å². The lowest BCUT2D eigenvalue weighted by Gasteiger charge is -2.01. The van der Waals surface area contributed by atoms with Crippen molar-refractivity contribution >= 4 is 11.6 Å². The van der Waals surface area contributed by atoms with Gasteiger partial charge in [0.25, 0.3) is 5.91 Å². The molecule has 0 spiro atoms. The van der Waals surface area contributed by atoms with Crippen LogP contribution >= 0.6 is 0 Å². The molecule has 0 unspecified atom stereocenters. The third-order valence-electron chi connectivity index (χ3n) is 1.50. The molecule has 0 saturated carbocycles. The normalized spacial score (nSPS) is 8.85. The van der Waals surface area contributed by atoms with E-state index in [1.165, 1.54) is 0 Å². The van der Waals surface area contributed by atoms with E-state index >= 15 is 0 Å². The molecule has 0 fully saturated rings. The maximum absolute atomic E-state index is 11.3. The van der Waals surface area contributed by atoms with Gasteiger partial charge >= 0.3 is 0 Å². The number of hydrogen-bond acceptors (Lipinski definition) is 2. The van der Waals surface area contributed by atoms with Gasteiger partial charge in [0.2, 0.25) is 0 Å². The minimum atomic E-state index is -0.203. The van der Waals surface area contributed by atoms with Crippen molar-refractivity contribution in [2.45, 2.75) is 0 Å². The van der Waals surface area contributed by atoms with Gasteiger partial charge in [-0.3, -0.25) is 4.79 Å². The lowest BCUT2D eigenvalue weighted by Crippen LogP contribution is -2.23. The SMILES string of the molecule is C#CCNC(=O)c1cccc(N)c1. The van der Waals surface area contributed by atoms with Gasteiger partial charge in [0.1, 0.15) is 0 Å². The Morgan fingerprint density at radius 1 is 1.62 bits per heavy atom. The van der Waals surface area contributed by atoms with Crippen molar-refractivity contribution in [1.82, 2.24) is 5.32 Å². The molecule has 0 atom stereocenters. The number of rotatable bonds is 2. The zero-order chi connectivity index (χ0) is 9.68. The van der Waals surface area contributed by atoms with Gasteiger partial charge in [0.05, 0.1) is 6.54 Å². The van der Waals surface area contributed by atoms with E-state index in [0.29, 0.717) is 11.3 Å². The van der Waals surface area contributed by atoms with Crippen molar-refractivity contribution in [2.75, 3.05) is 12.3 Å². The first-order valence-electron chi connectivity index (χ1n) is 3.81. The summed E-state index contributed by atoms with van der Waals surface area (Å²) in [6.45, 7) is 0.230. The first kappa shape index (κ1) is 9.14. The Balaban J connectivity index is 2.72. The number of amides is 1. The highest BCUT2D eigenvalue weighted by molar-refractivity contribution is 5.95. The Kier molecular flexibility index (Phi) is 2.93. The van der Waals surface area contributed by atoms with Crippen LogP contribution in [0.25, 0.3) is 0 Å². The molecule has 0 bridgehead atoms. The molecular formula is C10H10N2O. The van der Waals surface area contributed by atoms with Crippen LogP contribution in [0.1, 0.15) is 10.4 Å². The predicted octanol–water partition coefficient (Wildman–Crippen LogP) is 0.632. The van der Waals surface area contributed by atoms with E-state index < -0.39 is 0 Å². The Morgan fingerprint density at radius 2 is 2.38 bits per heavy atom. The number of nitrogens with two attached hydrogens (primary N) is 1. The molecule has 0 saturated heterocycles.